The Morgan fingerprint density at radius 2 is 1.57 bits per heavy atom. The molecule has 1 saturated carbocycles. The summed E-state index contributed by atoms with van der Waals surface area (Å²) >= 11 is 0. The highest BCUT2D eigenvalue weighted by Crippen LogP contribution is 2.35. The predicted molar refractivity (Wildman–Crippen MR) is 107 cm³/mol. The topological polar surface area (TPSA) is 78.7 Å². The number of allylic oxidation sites excluding steroid dienone is 2. The number of methoxy groups -OCH3 is 2. The molecule has 28 heavy (non-hydrogen) atoms. The third-order valence-corrected chi connectivity index (χ3v) is 4.70. The summed E-state index contributed by atoms with van der Waals surface area (Å²) < 4.78 is 10.8. The second kappa shape index (κ2) is 8.52. The van der Waals surface area contributed by atoms with Gasteiger partial charge in [-0.15, -0.1) is 0 Å². The molecule has 0 N–H and O–H groups in total. The maximum atomic E-state index is 13.0. The number of carbonyl (C=O) groups excluding carboxylic acids is 1. The molecule has 6 heteroatoms. The van der Waals surface area contributed by atoms with Gasteiger partial charge < -0.3 is 9.47 Å². The monoisotopic (exact) mass is 379 g/mol. The molecule has 0 bridgehead atoms. The van der Waals surface area contributed by atoms with Crippen LogP contribution in [0.4, 0.5) is 5.69 Å². The Kier molecular flexibility index (Phi) is 5.89. The van der Waals surface area contributed by atoms with E-state index in [1.165, 1.54) is 6.07 Å². The van der Waals surface area contributed by atoms with Crippen molar-refractivity contribution in [2.75, 3.05) is 14.2 Å². The maximum Gasteiger partial charge on any atom is 0.276 e. The molecular formula is C22H21NO5. The van der Waals surface area contributed by atoms with Crippen LogP contribution in [0.5, 0.6) is 11.5 Å². The summed E-state index contributed by atoms with van der Waals surface area (Å²) in [5.41, 5.74) is 2.43. The SMILES string of the molecule is COc1cccc(/C=C2\CCC/C(=C\c3ccccc3[N+](=O)[O-])C2=O)c1OC. The molecule has 0 atom stereocenters. The standard InChI is InChI=1S/C22H21NO5/c1-27-20-12-6-10-18(22(20)28-2)14-17-9-5-8-16(21(17)24)13-15-7-3-4-11-19(15)23(25)26/h3-4,6-7,10-14H,5,8-9H2,1-2H3/b16-13+,17-14+. The predicted octanol–water partition coefficient (Wildman–Crippen LogP) is 4.83. The van der Waals surface area contributed by atoms with Crippen LogP contribution in [0.15, 0.2) is 53.6 Å². The molecule has 0 heterocycles. The van der Waals surface area contributed by atoms with Crippen LogP contribution in [0.2, 0.25) is 0 Å². The zero-order valence-corrected chi connectivity index (χ0v) is 15.8. The van der Waals surface area contributed by atoms with E-state index in [0.717, 1.165) is 12.0 Å². The van der Waals surface area contributed by atoms with E-state index in [4.69, 9.17) is 9.47 Å². The molecule has 2 aromatic rings. The third-order valence-electron chi connectivity index (χ3n) is 4.70. The Labute approximate surface area is 163 Å². The fourth-order valence-electron chi connectivity index (χ4n) is 3.35. The molecule has 0 radical (unpaired) electrons. The molecule has 0 amide bonds. The second-order valence-electron chi connectivity index (χ2n) is 6.42. The first-order valence-corrected chi connectivity index (χ1v) is 8.95. The number of ketones is 1. The van der Waals surface area contributed by atoms with Gasteiger partial charge in [0, 0.05) is 22.8 Å². The van der Waals surface area contributed by atoms with E-state index in [1.807, 2.05) is 18.2 Å². The van der Waals surface area contributed by atoms with Crippen LogP contribution in [-0.2, 0) is 4.79 Å². The summed E-state index contributed by atoms with van der Waals surface area (Å²) in [6.07, 6.45) is 5.49. The van der Waals surface area contributed by atoms with Crippen molar-refractivity contribution in [3.8, 4) is 11.5 Å². The number of hydrogen-bond acceptors (Lipinski definition) is 5. The molecule has 2 aromatic carbocycles. The fourth-order valence-corrected chi connectivity index (χ4v) is 3.35. The van der Waals surface area contributed by atoms with E-state index in [9.17, 15) is 14.9 Å². The largest absolute Gasteiger partial charge is 0.493 e. The number of nitro groups is 1. The molecule has 0 saturated heterocycles. The fraction of sp³-hybridized carbons (Fsp3) is 0.227. The lowest BCUT2D eigenvalue weighted by molar-refractivity contribution is -0.385. The summed E-state index contributed by atoms with van der Waals surface area (Å²) in [5.74, 6) is 1.07. The Bertz CT molecular complexity index is 975. The third kappa shape index (κ3) is 3.96. The van der Waals surface area contributed by atoms with Gasteiger partial charge in [0.05, 0.1) is 24.7 Å². The van der Waals surface area contributed by atoms with Crippen LogP contribution in [0, 0.1) is 10.1 Å². The van der Waals surface area contributed by atoms with Gasteiger partial charge in [0.1, 0.15) is 0 Å². The minimum absolute atomic E-state index is 0.00614. The van der Waals surface area contributed by atoms with Crippen molar-refractivity contribution in [1.29, 1.82) is 0 Å². The molecule has 0 aromatic heterocycles. The molecule has 1 aliphatic rings. The van der Waals surface area contributed by atoms with Gasteiger partial charge >= 0.3 is 0 Å². The minimum atomic E-state index is -0.433. The number of benzene rings is 2. The van der Waals surface area contributed by atoms with Crippen molar-refractivity contribution >= 4 is 23.6 Å². The van der Waals surface area contributed by atoms with Crippen LogP contribution < -0.4 is 9.47 Å². The first-order chi connectivity index (χ1) is 13.5. The van der Waals surface area contributed by atoms with Crippen molar-refractivity contribution in [1.82, 2.24) is 0 Å². The molecule has 1 aliphatic carbocycles. The van der Waals surface area contributed by atoms with E-state index in [2.05, 4.69) is 0 Å². The van der Waals surface area contributed by atoms with Gasteiger partial charge in [-0.3, -0.25) is 14.9 Å². The minimum Gasteiger partial charge on any atom is -0.493 e. The quantitative estimate of drug-likeness (QED) is 0.422. The Morgan fingerprint density at radius 3 is 2.21 bits per heavy atom. The summed E-state index contributed by atoms with van der Waals surface area (Å²) in [6, 6.07) is 11.9. The van der Waals surface area contributed by atoms with Crippen molar-refractivity contribution in [3.63, 3.8) is 0 Å². The van der Waals surface area contributed by atoms with E-state index < -0.39 is 4.92 Å². The normalized spacial score (nSPS) is 17.0. The number of para-hydroxylation sites is 2. The molecule has 144 valence electrons. The molecule has 3 rings (SSSR count). The molecule has 0 spiro atoms. The van der Waals surface area contributed by atoms with Crippen molar-refractivity contribution in [2.45, 2.75) is 19.3 Å². The Balaban J connectivity index is 1.98. The average Bonchev–Trinajstić information content (AvgIpc) is 2.71. The lowest BCUT2D eigenvalue weighted by Crippen LogP contribution is -2.12. The van der Waals surface area contributed by atoms with Gasteiger partial charge in [-0.1, -0.05) is 24.3 Å². The van der Waals surface area contributed by atoms with Gasteiger partial charge in [0.15, 0.2) is 17.3 Å². The van der Waals surface area contributed by atoms with Crippen LogP contribution in [0.3, 0.4) is 0 Å². The summed E-state index contributed by atoms with van der Waals surface area (Å²) in [6.45, 7) is 0. The molecule has 0 aliphatic heterocycles. The average molecular weight is 379 g/mol. The maximum absolute atomic E-state index is 13.0. The highest BCUT2D eigenvalue weighted by Gasteiger charge is 2.23. The van der Waals surface area contributed by atoms with E-state index >= 15 is 0 Å². The molecular weight excluding hydrogens is 358 g/mol. The van der Waals surface area contributed by atoms with Crippen molar-refractivity contribution < 1.29 is 19.2 Å². The highest BCUT2D eigenvalue weighted by molar-refractivity contribution is 6.14. The van der Waals surface area contributed by atoms with Crippen LogP contribution >= 0.6 is 0 Å². The van der Waals surface area contributed by atoms with E-state index in [-0.39, 0.29) is 11.5 Å². The number of carbonyl (C=O) groups is 1. The molecule has 1 fully saturated rings. The van der Waals surface area contributed by atoms with Gasteiger partial charge in [-0.2, -0.15) is 0 Å². The van der Waals surface area contributed by atoms with Crippen LogP contribution in [0.1, 0.15) is 30.4 Å². The van der Waals surface area contributed by atoms with Crippen LogP contribution in [-0.4, -0.2) is 24.9 Å². The zero-order chi connectivity index (χ0) is 20.1. The summed E-state index contributed by atoms with van der Waals surface area (Å²) in [7, 11) is 3.12. The number of ether oxygens (including phenoxy) is 2. The summed E-state index contributed by atoms with van der Waals surface area (Å²) in [5, 5.41) is 11.2. The molecule has 6 nitrogen and oxygen atoms in total. The van der Waals surface area contributed by atoms with Gasteiger partial charge in [-0.25, -0.2) is 0 Å². The zero-order valence-electron chi connectivity index (χ0n) is 15.8. The number of Topliss-reactive ketones (excluding diaryl/α,β-unsaturated/α-hetero) is 1. The Morgan fingerprint density at radius 1 is 0.929 bits per heavy atom. The number of nitrogens with zero attached hydrogens (tertiary/aromatic N) is 1. The van der Waals surface area contributed by atoms with Gasteiger partial charge in [0.25, 0.3) is 5.69 Å². The van der Waals surface area contributed by atoms with E-state index in [0.29, 0.717) is 41.1 Å². The number of nitro benzene ring substituents is 1. The molecule has 0 unspecified atom stereocenters. The van der Waals surface area contributed by atoms with Gasteiger partial charge in [0.2, 0.25) is 0 Å². The Hall–Kier alpha value is -3.41. The first-order valence-electron chi connectivity index (χ1n) is 8.95. The smallest absolute Gasteiger partial charge is 0.276 e. The lowest BCUT2D eigenvalue weighted by atomic mass is 9.86. The van der Waals surface area contributed by atoms with Crippen molar-refractivity contribution in [2.24, 2.45) is 0 Å². The van der Waals surface area contributed by atoms with Gasteiger partial charge in [-0.05, 0) is 43.5 Å². The summed E-state index contributed by atoms with van der Waals surface area (Å²) in [4.78, 5) is 23.8. The number of rotatable bonds is 5. The van der Waals surface area contributed by atoms with E-state index in [1.54, 1.807) is 44.6 Å². The van der Waals surface area contributed by atoms with Crippen molar-refractivity contribution in [3.05, 3.63) is 74.9 Å². The first kappa shape index (κ1) is 19.4. The second-order valence-corrected chi connectivity index (χ2v) is 6.42. The highest BCUT2D eigenvalue weighted by atomic mass is 16.6. The van der Waals surface area contributed by atoms with Crippen LogP contribution in [0.25, 0.3) is 12.2 Å². The number of hydrogen-bond donors (Lipinski definition) is 0. The lowest BCUT2D eigenvalue weighted by Gasteiger charge is -2.17.